The Kier molecular flexibility index (Phi) is 4.68. The first-order valence-electron chi connectivity index (χ1n) is 5.28. The van der Waals surface area contributed by atoms with E-state index in [1.807, 2.05) is 10.8 Å². The standard InChI is InChI=1S/C11H12ClN3OS2/c1-18-7-6-15-10(13-14-11(15)17)16-9-4-2-8(12)3-5-9/h2-5H,6-7H2,1H3,(H,14,17). The molecule has 0 aliphatic heterocycles. The molecule has 7 heteroatoms. The molecular weight excluding hydrogens is 290 g/mol. The summed E-state index contributed by atoms with van der Waals surface area (Å²) in [5, 5.41) is 7.47. The highest BCUT2D eigenvalue weighted by Gasteiger charge is 2.08. The summed E-state index contributed by atoms with van der Waals surface area (Å²) in [6, 6.07) is 7.59. The number of nitrogens with one attached hydrogen (secondary N) is 1. The molecule has 0 radical (unpaired) electrons. The highest BCUT2D eigenvalue weighted by Crippen LogP contribution is 2.21. The van der Waals surface area contributed by atoms with Gasteiger partial charge in [0.15, 0.2) is 4.77 Å². The Labute approximate surface area is 119 Å². The second kappa shape index (κ2) is 6.26. The molecular formula is C11H12ClN3OS2. The first-order valence-corrected chi connectivity index (χ1v) is 7.46. The van der Waals surface area contributed by atoms with Gasteiger partial charge in [0.05, 0.1) is 0 Å². The number of H-pyrrole nitrogens is 1. The van der Waals surface area contributed by atoms with E-state index >= 15 is 0 Å². The van der Waals surface area contributed by atoms with Gasteiger partial charge in [0.25, 0.3) is 0 Å². The van der Waals surface area contributed by atoms with Crippen molar-refractivity contribution in [3.05, 3.63) is 34.1 Å². The molecule has 1 N–H and O–H groups in total. The van der Waals surface area contributed by atoms with Crippen LogP contribution in [0.1, 0.15) is 0 Å². The van der Waals surface area contributed by atoms with Crippen LogP contribution < -0.4 is 4.74 Å². The maximum Gasteiger partial charge on any atom is 0.321 e. The van der Waals surface area contributed by atoms with Crippen LogP contribution in [0, 0.1) is 4.77 Å². The lowest BCUT2D eigenvalue weighted by atomic mass is 10.3. The summed E-state index contributed by atoms with van der Waals surface area (Å²) in [6.45, 7) is 0.763. The number of halogens is 1. The molecule has 2 rings (SSSR count). The van der Waals surface area contributed by atoms with Gasteiger partial charge in [-0.1, -0.05) is 11.6 Å². The molecule has 0 aliphatic rings. The number of rotatable bonds is 5. The summed E-state index contributed by atoms with van der Waals surface area (Å²) < 4.78 is 8.07. The van der Waals surface area contributed by atoms with Gasteiger partial charge in [0.2, 0.25) is 0 Å². The molecule has 0 saturated carbocycles. The SMILES string of the molecule is CSCCn1c(Oc2ccc(Cl)cc2)n[nH]c1=S. The van der Waals surface area contributed by atoms with Crippen molar-refractivity contribution in [2.45, 2.75) is 6.54 Å². The third kappa shape index (κ3) is 3.28. The van der Waals surface area contributed by atoms with E-state index in [1.54, 1.807) is 36.0 Å². The van der Waals surface area contributed by atoms with Gasteiger partial charge in [-0.2, -0.15) is 11.8 Å². The Balaban J connectivity index is 2.18. The first-order chi connectivity index (χ1) is 8.70. The van der Waals surface area contributed by atoms with Gasteiger partial charge in [0.1, 0.15) is 5.75 Å². The molecule has 1 heterocycles. The van der Waals surface area contributed by atoms with Crippen LogP contribution in [0.25, 0.3) is 0 Å². The Bertz CT molecular complexity index is 564. The molecule has 0 aliphatic carbocycles. The zero-order valence-corrected chi connectivity index (χ0v) is 12.1. The quantitative estimate of drug-likeness (QED) is 0.854. The molecule has 96 valence electrons. The molecule has 0 amide bonds. The summed E-state index contributed by atoms with van der Waals surface area (Å²) >= 11 is 12.7. The number of aromatic amines is 1. The van der Waals surface area contributed by atoms with E-state index in [4.69, 9.17) is 28.6 Å². The van der Waals surface area contributed by atoms with E-state index in [9.17, 15) is 0 Å². The summed E-state index contributed by atoms with van der Waals surface area (Å²) in [7, 11) is 0. The lowest BCUT2D eigenvalue weighted by molar-refractivity contribution is 0.413. The molecule has 4 nitrogen and oxygen atoms in total. The molecule has 0 fully saturated rings. The Morgan fingerprint density at radius 1 is 1.44 bits per heavy atom. The van der Waals surface area contributed by atoms with Gasteiger partial charge in [0, 0.05) is 17.3 Å². The second-order valence-electron chi connectivity index (χ2n) is 3.51. The number of nitrogens with zero attached hydrogens (tertiary/aromatic N) is 2. The van der Waals surface area contributed by atoms with E-state index in [0.29, 0.717) is 21.6 Å². The van der Waals surface area contributed by atoms with E-state index in [0.717, 1.165) is 12.3 Å². The number of benzene rings is 1. The second-order valence-corrected chi connectivity index (χ2v) is 5.32. The predicted octanol–water partition coefficient (Wildman–Crippen LogP) is 3.75. The highest BCUT2D eigenvalue weighted by molar-refractivity contribution is 7.98. The average Bonchev–Trinajstić information content (AvgIpc) is 2.71. The molecule has 0 saturated heterocycles. The molecule has 1 aromatic heterocycles. The van der Waals surface area contributed by atoms with Crippen molar-refractivity contribution < 1.29 is 4.74 Å². The monoisotopic (exact) mass is 301 g/mol. The molecule has 18 heavy (non-hydrogen) atoms. The van der Waals surface area contributed by atoms with Gasteiger partial charge in [-0.05, 0) is 42.7 Å². The third-order valence-electron chi connectivity index (χ3n) is 2.27. The van der Waals surface area contributed by atoms with Crippen LogP contribution in [0.5, 0.6) is 11.8 Å². The minimum absolute atomic E-state index is 0.469. The normalized spacial score (nSPS) is 10.6. The summed E-state index contributed by atoms with van der Waals surface area (Å²) in [6.07, 6.45) is 2.05. The minimum atomic E-state index is 0.469. The lowest BCUT2D eigenvalue weighted by Crippen LogP contribution is -2.03. The Hall–Kier alpha value is -0.980. The molecule has 2 aromatic rings. The van der Waals surface area contributed by atoms with Crippen LogP contribution in [0.3, 0.4) is 0 Å². The van der Waals surface area contributed by atoms with Crippen molar-refractivity contribution in [1.82, 2.24) is 14.8 Å². The van der Waals surface area contributed by atoms with E-state index in [-0.39, 0.29) is 0 Å². The predicted molar refractivity (Wildman–Crippen MR) is 77.3 cm³/mol. The largest absolute Gasteiger partial charge is 0.424 e. The maximum atomic E-state index is 5.82. The van der Waals surface area contributed by atoms with Gasteiger partial charge < -0.3 is 4.74 Å². The zero-order valence-electron chi connectivity index (χ0n) is 9.72. The van der Waals surface area contributed by atoms with Crippen LogP contribution in [0.15, 0.2) is 24.3 Å². The van der Waals surface area contributed by atoms with Crippen molar-refractivity contribution in [3.8, 4) is 11.8 Å². The first kappa shape index (κ1) is 13.5. The van der Waals surface area contributed by atoms with Crippen LogP contribution in [0.4, 0.5) is 0 Å². The van der Waals surface area contributed by atoms with Crippen LogP contribution in [-0.4, -0.2) is 26.8 Å². The minimum Gasteiger partial charge on any atom is -0.424 e. The number of ether oxygens (including phenoxy) is 1. The van der Waals surface area contributed by atoms with Crippen molar-refractivity contribution in [2.75, 3.05) is 12.0 Å². The smallest absolute Gasteiger partial charge is 0.321 e. The van der Waals surface area contributed by atoms with Crippen LogP contribution >= 0.6 is 35.6 Å². The molecule has 1 aromatic carbocycles. The highest BCUT2D eigenvalue weighted by atomic mass is 35.5. The van der Waals surface area contributed by atoms with E-state index in [2.05, 4.69) is 10.2 Å². The van der Waals surface area contributed by atoms with Crippen molar-refractivity contribution in [2.24, 2.45) is 0 Å². The lowest BCUT2D eigenvalue weighted by Gasteiger charge is -2.07. The Morgan fingerprint density at radius 3 is 2.83 bits per heavy atom. The summed E-state index contributed by atoms with van der Waals surface area (Å²) in [4.78, 5) is 0. The number of thioether (sulfide) groups is 1. The average molecular weight is 302 g/mol. The summed E-state index contributed by atoms with van der Waals surface area (Å²) in [5.41, 5.74) is 0. The van der Waals surface area contributed by atoms with Crippen molar-refractivity contribution in [1.29, 1.82) is 0 Å². The van der Waals surface area contributed by atoms with E-state index in [1.165, 1.54) is 0 Å². The number of aromatic nitrogens is 3. The fraction of sp³-hybridized carbons (Fsp3) is 0.273. The van der Waals surface area contributed by atoms with Crippen molar-refractivity contribution >= 4 is 35.6 Å². The van der Waals surface area contributed by atoms with Gasteiger partial charge in [-0.3, -0.25) is 4.57 Å². The third-order valence-corrected chi connectivity index (χ3v) is 3.42. The molecule has 0 unspecified atom stereocenters. The molecule has 0 atom stereocenters. The zero-order chi connectivity index (χ0) is 13.0. The van der Waals surface area contributed by atoms with Gasteiger partial charge in [-0.15, -0.1) is 5.10 Å². The van der Waals surface area contributed by atoms with Crippen molar-refractivity contribution in [3.63, 3.8) is 0 Å². The fourth-order valence-electron chi connectivity index (χ4n) is 1.37. The number of hydrogen-bond donors (Lipinski definition) is 1. The van der Waals surface area contributed by atoms with Gasteiger partial charge >= 0.3 is 6.01 Å². The Morgan fingerprint density at radius 2 is 2.17 bits per heavy atom. The van der Waals surface area contributed by atoms with Gasteiger partial charge in [-0.25, -0.2) is 5.10 Å². The number of hydrogen-bond acceptors (Lipinski definition) is 4. The molecule has 0 bridgehead atoms. The topological polar surface area (TPSA) is 42.8 Å². The molecule has 0 spiro atoms. The van der Waals surface area contributed by atoms with Crippen LogP contribution in [0.2, 0.25) is 5.02 Å². The fourth-order valence-corrected chi connectivity index (χ4v) is 2.08. The maximum absolute atomic E-state index is 5.82. The van der Waals surface area contributed by atoms with Crippen LogP contribution in [-0.2, 0) is 6.54 Å². The summed E-state index contributed by atoms with van der Waals surface area (Å²) in [5.74, 6) is 1.63. The van der Waals surface area contributed by atoms with E-state index < -0.39 is 0 Å².